The molecule has 11 heteroatoms. The molecule has 1 radical (unpaired) electrons. The van der Waals surface area contributed by atoms with Gasteiger partial charge in [-0.2, -0.15) is 0 Å². The van der Waals surface area contributed by atoms with Crippen molar-refractivity contribution >= 4 is 17.8 Å². The molecule has 0 saturated carbocycles. The van der Waals surface area contributed by atoms with Crippen molar-refractivity contribution in [2.45, 2.75) is 53.0 Å². The Balaban J connectivity index is 2.58. The third-order valence-corrected chi connectivity index (χ3v) is 4.51. The number of benzene rings is 1. The molecule has 11 nitrogen and oxygen atoms in total. The number of hydrazine groups is 1. The number of carbonyl (C=O) groups excluding carboxylic acids is 2. The normalized spacial score (nSPS) is 11.4. The lowest BCUT2D eigenvalue weighted by molar-refractivity contribution is -0.525. The van der Waals surface area contributed by atoms with Gasteiger partial charge in [0.2, 0.25) is 5.91 Å². The number of carbonyl (C=O) groups is 2. The average Bonchev–Trinajstić information content (AvgIpc) is 2.70. The second-order valence-corrected chi connectivity index (χ2v) is 7.81. The number of nitrogens with one attached hydrogen (secondary N) is 5. The molecule has 1 aromatic rings. The molecule has 0 fully saturated rings. The molecule has 0 saturated heterocycles. The van der Waals surface area contributed by atoms with Gasteiger partial charge in [-0.25, -0.2) is 10.1 Å². The minimum atomic E-state index is -0.841. The van der Waals surface area contributed by atoms with Gasteiger partial charge in [-0.05, 0) is 62.3 Å². The van der Waals surface area contributed by atoms with Crippen LogP contribution in [0.3, 0.4) is 0 Å². The highest BCUT2D eigenvalue weighted by atomic mass is 16.7. The summed E-state index contributed by atoms with van der Waals surface area (Å²) in [5.74, 6) is -0.312. The number of rotatable bonds is 13. The van der Waals surface area contributed by atoms with Crippen LogP contribution in [0.1, 0.15) is 44.2 Å². The van der Waals surface area contributed by atoms with E-state index < -0.39 is 22.9 Å². The SMILES string of the molecule is Cc1ccc(OCC(=O)N[C@@H](CCCNC(=N)N[N+](=O)[O-])C(=O)N[CH]CC(C)C)cc1C. The molecule has 0 bridgehead atoms. The van der Waals surface area contributed by atoms with Gasteiger partial charge < -0.3 is 20.7 Å². The summed E-state index contributed by atoms with van der Waals surface area (Å²) in [5, 5.41) is 24.7. The number of hydrogen-bond acceptors (Lipinski definition) is 6. The van der Waals surface area contributed by atoms with Crippen LogP contribution in [0.2, 0.25) is 0 Å². The van der Waals surface area contributed by atoms with Crippen LogP contribution in [0, 0.1) is 41.8 Å². The number of ether oxygens (including phenoxy) is 1. The Morgan fingerprint density at radius 1 is 1.25 bits per heavy atom. The zero-order valence-electron chi connectivity index (χ0n) is 19.0. The summed E-state index contributed by atoms with van der Waals surface area (Å²) in [6.45, 7) is 9.61. The second-order valence-electron chi connectivity index (χ2n) is 7.81. The lowest BCUT2D eigenvalue weighted by Gasteiger charge is -2.19. The molecule has 2 amide bonds. The van der Waals surface area contributed by atoms with E-state index in [-0.39, 0.29) is 25.5 Å². The molecule has 1 atom stereocenters. The Labute approximate surface area is 188 Å². The van der Waals surface area contributed by atoms with E-state index >= 15 is 0 Å². The third kappa shape index (κ3) is 11.1. The molecule has 5 N–H and O–H groups in total. The molecule has 0 unspecified atom stereocenters. The first kappa shape index (κ1) is 26.7. The molecule has 177 valence electrons. The lowest BCUT2D eigenvalue weighted by atomic mass is 10.1. The first-order valence-corrected chi connectivity index (χ1v) is 10.4. The lowest BCUT2D eigenvalue weighted by Crippen LogP contribution is -2.48. The zero-order chi connectivity index (χ0) is 24.1. The highest BCUT2D eigenvalue weighted by Crippen LogP contribution is 2.16. The van der Waals surface area contributed by atoms with E-state index in [9.17, 15) is 19.7 Å². The average molecular weight is 450 g/mol. The van der Waals surface area contributed by atoms with E-state index in [1.165, 1.54) is 0 Å². The maximum atomic E-state index is 12.5. The first-order valence-electron chi connectivity index (χ1n) is 10.4. The second kappa shape index (κ2) is 13.8. The monoisotopic (exact) mass is 449 g/mol. The van der Waals surface area contributed by atoms with E-state index in [1.807, 2.05) is 39.8 Å². The van der Waals surface area contributed by atoms with Crippen molar-refractivity contribution in [3.63, 3.8) is 0 Å². The van der Waals surface area contributed by atoms with Gasteiger partial charge in [-0.3, -0.25) is 15.0 Å². The van der Waals surface area contributed by atoms with Crippen molar-refractivity contribution in [2.24, 2.45) is 5.92 Å². The van der Waals surface area contributed by atoms with Crippen LogP contribution >= 0.6 is 0 Å². The largest absolute Gasteiger partial charge is 0.484 e. The van der Waals surface area contributed by atoms with Crippen molar-refractivity contribution in [3.05, 3.63) is 46.0 Å². The predicted molar refractivity (Wildman–Crippen MR) is 120 cm³/mol. The van der Waals surface area contributed by atoms with Gasteiger partial charge in [-0.15, -0.1) is 0 Å². The maximum Gasteiger partial charge on any atom is 0.258 e. The van der Waals surface area contributed by atoms with Crippen LogP contribution < -0.4 is 26.1 Å². The van der Waals surface area contributed by atoms with Crippen LogP contribution in [-0.4, -0.2) is 42.0 Å². The Bertz CT molecular complexity index is 799. The summed E-state index contributed by atoms with van der Waals surface area (Å²) >= 11 is 0. The molecule has 0 spiro atoms. The Morgan fingerprint density at radius 2 is 1.97 bits per heavy atom. The molecular formula is C21H33N6O5. The zero-order valence-corrected chi connectivity index (χ0v) is 19.0. The first-order chi connectivity index (χ1) is 15.1. The number of hydrogen-bond donors (Lipinski definition) is 5. The molecule has 0 heterocycles. The van der Waals surface area contributed by atoms with Gasteiger partial charge >= 0.3 is 0 Å². The third-order valence-electron chi connectivity index (χ3n) is 4.51. The van der Waals surface area contributed by atoms with Crippen LogP contribution in [0.25, 0.3) is 0 Å². The van der Waals surface area contributed by atoms with Crippen molar-refractivity contribution in [1.82, 2.24) is 21.4 Å². The summed E-state index contributed by atoms with van der Waals surface area (Å²) in [6.07, 6.45) is 1.35. The van der Waals surface area contributed by atoms with Gasteiger partial charge in [0.1, 0.15) is 11.8 Å². The fourth-order valence-electron chi connectivity index (χ4n) is 2.60. The molecular weight excluding hydrogens is 416 g/mol. The van der Waals surface area contributed by atoms with E-state index in [2.05, 4.69) is 16.0 Å². The summed E-state index contributed by atoms with van der Waals surface area (Å²) < 4.78 is 5.53. The molecule has 0 aromatic heterocycles. The standard InChI is InChI=1S/C21H33N6O5/c1-14(2)9-11-23-20(29)18(6-5-10-24-21(22)26-27(30)31)25-19(28)13-32-17-8-7-15(3)16(4)12-17/h7-8,11-12,14,18H,5-6,9-10,13H2,1-4H3,(H,23,29)(H,25,28)(H3,22,24,26)/t18-/m0/s1. The minimum absolute atomic E-state index is 0.216. The Kier molecular flexibility index (Phi) is 11.5. The quantitative estimate of drug-likeness (QED) is 0.100. The van der Waals surface area contributed by atoms with Crippen LogP contribution in [0.15, 0.2) is 18.2 Å². The van der Waals surface area contributed by atoms with E-state index in [1.54, 1.807) is 18.0 Å². The number of amides is 2. The van der Waals surface area contributed by atoms with Gasteiger partial charge in [0.15, 0.2) is 11.6 Å². The number of nitro groups is 1. The smallest absolute Gasteiger partial charge is 0.258 e. The topological polar surface area (TPSA) is 158 Å². The number of aryl methyl sites for hydroxylation is 2. The predicted octanol–water partition coefficient (Wildman–Crippen LogP) is 1.58. The van der Waals surface area contributed by atoms with E-state index in [0.29, 0.717) is 24.5 Å². The Hall–Kier alpha value is -3.37. The molecule has 0 aliphatic carbocycles. The summed E-state index contributed by atoms with van der Waals surface area (Å²) in [7, 11) is 0. The van der Waals surface area contributed by atoms with Crippen molar-refractivity contribution < 1.29 is 19.4 Å². The fourth-order valence-corrected chi connectivity index (χ4v) is 2.60. The fraction of sp³-hybridized carbons (Fsp3) is 0.524. The van der Waals surface area contributed by atoms with E-state index in [0.717, 1.165) is 11.1 Å². The highest BCUT2D eigenvalue weighted by Gasteiger charge is 2.21. The van der Waals surface area contributed by atoms with Crippen molar-refractivity contribution in [3.8, 4) is 5.75 Å². The molecule has 1 rings (SSSR count). The Morgan fingerprint density at radius 3 is 2.59 bits per heavy atom. The van der Waals surface area contributed by atoms with E-state index in [4.69, 9.17) is 10.1 Å². The highest BCUT2D eigenvalue weighted by molar-refractivity contribution is 5.88. The molecule has 0 aliphatic rings. The molecule has 0 aliphatic heterocycles. The van der Waals surface area contributed by atoms with Crippen LogP contribution in [0.4, 0.5) is 0 Å². The molecule has 32 heavy (non-hydrogen) atoms. The molecule has 1 aromatic carbocycles. The summed E-state index contributed by atoms with van der Waals surface area (Å²) in [4.78, 5) is 35.2. The summed E-state index contributed by atoms with van der Waals surface area (Å²) in [6, 6.07) is 4.71. The number of guanidine groups is 1. The minimum Gasteiger partial charge on any atom is -0.484 e. The van der Waals surface area contributed by atoms with Gasteiger partial charge in [0.25, 0.3) is 11.9 Å². The van der Waals surface area contributed by atoms with Crippen LogP contribution in [-0.2, 0) is 9.59 Å². The van der Waals surface area contributed by atoms with Crippen LogP contribution in [0.5, 0.6) is 5.75 Å². The summed E-state index contributed by atoms with van der Waals surface area (Å²) in [5.41, 5.74) is 3.85. The van der Waals surface area contributed by atoms with Crippen molar-refractivity contribution in [2.75, 3.05) is 13.2 Å². The number of nitrogens with zero attached hydrogens (tertiary/aromatic N) is 1. The van der Waals surface area contributed by atoms with Gasteiger partial charge in [0.05, 0.1) is 0 Å². The van der Waals surface area contributed by atoms with Crippen molar-refractivity contribution in [1.29, 1.82) is 5.41 Å². The maximum absolute atomic E-state index is 12.5. The van der Waals surface area contributed by atoms with Gasteiger partial charge in [0, 0.05) is 13.1 Å². The van der Waals surface area contributed by atoms with Gasteiger partial charge in [-0.1, -0.05) is 25.3 Å².